The van der Waals surface area contributed by atoms with Crippen molar-refractivity contribution in [2.75, 3.05) is 11.5 Å². The summed E-state index contributed by atoms with van der Waals surface area (Å²) in [7, 11) is -0.999. The van der Waals surface area contributed by atoms with E-state index < -0.39 is 10.8 Å². The summed E-state index contributed by atoms with van der Waals surface area (Å²) < 4.78 is 12.0. The highest BCUT2D eigenvalue weighted by molar-refractivity contribution is 7.85. The number of aryl methyl sites for hydroxylation is 1. The van der Waals surface area contributed by atoms with Gasteiger partial charge in [-0.1, -0.05) is 50.5 Å². The first-order valence-electron chi connectivity index (χ1n) is 7.66. The second-order valence-corrected chi connectivity index (χ2v) is 7.27. The molecule has 0 amide bonds. The second kappa shape index (κ2) is 7.72. The maximum Gasteiger partial charge on any atom is 0.175 e. The van der Waals surface area contributed by atoms with Crippen molar-refractivity contribution in [3.8, 4) is 0 Å². The number of benzene rings is 1. The molecule has 1 atom stereocenters. The third kappa shape index (κ3) is 4.55. The Labute approximate surface area is 124 Å². The Morgan fingerprint density at radius 3 is 2.45 bits per heavy atom. The van der Waals surface area contributed by atoms with Gasteiger partial charge >= 0.3 is 0 Å². The summed E-state index contributed by atoms with van der Waals surface area (Å²) in [5, 5.41) is 0. The zero-order chi connectivity index (χ0) is 14.4. The lowest BCUT2D eigenvalue weighted by molar-refractivity contribution is 0.102. The summed E-state index contributed by atoms with van der Waals surface area (Å²) in [6.45, 7) is 2.14. The van der Waals surface area contributed by atoms with Crippen LogP contribution in [0.1, 0.15) is 54.9 Å². The molecule has 0 N–H and O–H groups in total. The first-order valence-corrected chi connectivity index (χ1v) is 9.15. The molecule has 2 nitrogen and oxygen atoms in total. The molecule has 0 bridgehead atoms. The topological polar surface area (TPSA) is 34.1 Å². The van der Waals surface area contributed by atoms with E-state index in [9.17, 15) is 9.00 Å². The van der Waals surface area contributed by atoms with Crippen molar-refractivity contribution in [2.45, 2.75) is 45.4 Å². The average Bonchev–Trinajstić information content (AvgIpc) is 2.92. The summed E-state index contributed by atoms with van der Waals surface area (Å²) in [6, 6.07) is 7.77. The van der Waals surface area contributed by atoms with Crippen molar-refractivity contribution in [3.63, 3.8) is 0 Å². The lowest BCUT2D eigenvalue weighted by Crippen LogP contribution is -2.17. The third-order valence-corrected chi connectivity index (χ3v) is 5.43. The number of carbonyl (C=O) groups is 1. The second-order valence-electron chi connectivity index (χ2n) is 5.77. The van der Waals surface area contributed by atoms with E-state index in [0.29, 0.717) is 17.2 Å². The van der Waals surface area contributed by atoms with Crippen LogP contribution in [0.4, 0.5) is 0 Å². The van der Waals surface area contributed by atoms with Crippen molar-refractivity contribution < 1.29 is 9.00 Å². The maximum absolute atomic E-state index is 12.1. The standard InChI is InChI=1S/C17H24O2S/c1-2-5-14-8-10-16(11-9-14)17(18)13-20(19)12-15-6-3-4-7-15/h8-11,15H,2-7,12-13H2,1H3. The monoisotopic (exact) mass is 292 g/mol. The molecule has 1 fully saturated rings. The summed E-state index contributed by atoms with van der Waals surface area (Å²) in [6.07, 6.45) is 7.04. The van der Waals surface area contributed by atoms with Crippen LogP contribution in [0, 0.1) is 5.92 Å². The zero-order valence-corrected chi connectivity index (χ0v) is 13.1. The van der Waals surface area contributed by atoms with E-state index in [2.05, 4.69) is 6.92 Å². The predicted molar refractivity (Wildman–Crippen MR) is 84.6 cm³/mol. The lowest BCUT2D eigenvalue weighted by Gasteiger charge is -2.08. The van der Waals surface area contributed by atoms with E-state index in [1.165, 1.54) is 31.2 Å². The quantitative estimate of drug-likeness (QED) is 0.717. The molecular weight excluding hydrogens is 268 g/mol. The molecule has 1 saturated carbocycles. The molecule has 1 unspecified atom stereocenters. The minimum atomic E-state index is -0.999. The SMILES string of the molecule is CCCc1ccc(C(=O)CS(=O)CC2CCCC2)cc1. The Morgan fingerprint density at radius 1 is 1.20 bits per heavy atom. The van der Waals surface area contributed by atoms with Gasteiger partial charge in [0.15, 0.2) is 5.78 Å². The van der Waals surface area contributed by atoms with Gasteiger partial charge in [0.25, 0.3) is 0 Å². The fraction of sp³-hybridized carbons (Fsp3) is 0.588. The summed E-state index contributed by atoms with van der Waals surface area (Å²) >= 11 is 0. The Bertz CT molecular complexity index is 458. The fourth-order valence-corrected chi connectivity index (χ4v) is 4.31. The van der Waals surface area contributed by atoms with Crippen LogP contribution in [0.2, 0.25) is 0 Å². The third-order valence-electron chi connectivity index (χ3n) is 4.00. The van der Waals surface area contributed by atoms with Crippen LogP contribution in [0.5, 0.6) is 0 Å². The van der Waals surface area contributed by atoms with Gasteiger partial charge in [0, 0.05) is 22.1 Å². The van der Waals surface area contributed by atoms with Gasteiger partial charge in [-0.2, -0.15) is 0 Å². The lowest BCUT2D eigenvalue weighted by atomic mass is 10.1. The Morgan fingerprint density at radius 2 is 1.85 bits per heavy atom. The van der Waals surface area contributed by atoms with Crippen molar-refractivity contribution in [1.29, 1.82) is 0 Å². The van der Waals surface area contributed by atoms with Crippen LogP contribution >= 0.6 is 0 Å². The van der Waals surface area contributed by atoms with Crippen molar-refractivity contribution in [3.05, 3.63) is 35.4 Å². The Balaban J connectivity index is 1.85. The van der Waals surface area contributed by atoms with E-state index in [1.54, 1.807) is 0 Å². The van der Waals surface area contributed by atoms with Gasteiger partial charge in [-0.15, -0.1) is 0 Å². The highest BCUT2D eigenvalue weighted by atomic mass is 32.2. The van der Waals surface area contributed by atoms with Gasteiger partial charge in [0.1, 0.15) is 0 Å². The van der Waals surface area contributed by atoms with Crippen LogP contribution in [-0.2, 0) is 17.2 Å². The van der Waals surface area contributed by atoms with Gasteiger partial charge in [0.05, 0.1) is 5.75 Å². The number of ketones is 1. The number of hydrogen-bond acceptors (Lipinski definition) is 2. The van der Waals surface area contributed by atoms with Crippen LogP contribution in [-0.4, -0.2) is 21.5 Å². The molecule has 0 radical (unpaired) electrons. The van der Waals surface area contributed by atoms with Crippen molar-refractivity contribution in [1.82, 2.24) is 0 Å². The predicted octanol–water partition coefficient (Wildman–Crippen LogP) is 3.76. The van der Waals surface area contributed by atoms with Crippen molar-refractivity contribution in [2.24, 2.45) is 5.92 Å². The Hall–Kier alpha value is -0.960. The minimum absolute atomic E-state index is 0.0179. The highest BCUT2D eigenvalue weighted by Crippen LogP contribution is 2.25. The van der Waals surface area contributed by atoms with Gasteiger partial charge in [-0.05, 0) is 30.7 Å². The number of carbonyl (C=O) groups excluding carboxylic acids is 1. The van der Waals surface area contributed by atoms with Gasteiger partial charge in [-0.3, -0.25) is 9.00 Å². The summed E-state index contributed by atoms with van der Waals surface area (Å²) in [5.74, 6) is 1.49. The molecule has 2 rings (SSSR count). The summed E-state index contributed by atoms with van der Waals surface area (Å²) in [4.78, 5) is 12.1. The Kier molecular flexibility index (Phi) is 5.96. The van der Waals surface area contributed by atoms with E-state index in [0.717, 1.165) is 12.8 Å². The van der Waals surface area contributed by atoms with Crippen LogP contribution in [0.25, 0.3) is 0 Å². The summed E-state index contributed by atoms with van der Waals surface area (Å²) in [5.41, 5.74) is 1.96. The smallest absolute Gasteiger partial charge is 0.175 e. The molecular formula is C17H24O2S. The molecule has 0 aromatic heterocycles. The van der Waals surface area contributed by atoms with E-state index in [1.807, 2.05) is 24.3 Å². The number of hydrogen-bond donors (Lipinski definition) is 0. The van der Waals surface area contributed by atoms with Crippen LogP contribution < -0.4 is 0 Å². The molecule has 0 aliphatic heterocycles. The van der Waals surface area contributed by atoms with Gasteiger partial charge in [-0.25, -0.2) is 0 Å². The largest absolute Gasteiger partial charge is 0.293 e. The van der Waals surface area contributed by atoms with Crippen LogP contribution in [0.15, 0.2) is 24.3 Å². The highest BCUT2D eigenvalue weighted by Gasteiger charge is 2.19. The fourth-order valence-electron chi connectivity index (χ4n) is 2.87. The molecule has 110 valence electrons. The molecule has 0 heterocycles. The maximum atomic E-state index is 12.1. The first-order chi connectivity index (χ1) is 9.69. The van der Waals surface area contributed by atoms with Gasteiger partial charge < -0.3 is 0 Å². The van der Waals surface area contributed by atoms with E-state index >= 15 is 0 Å². The van der Waals surface area contributed by atoms with E-state index in [4.69, 9.17) is 0 Å². The molecule has 20 heavy (non-hydrogen) atoms. The average molecular weight is 292 g/mol. The minimum Gasteiger partial charge on any atom is -0.293 e. The van der Waals surface area contributed by atoms with E-state index in [-0.39, 0.29) is 11.5 Å². The molecule has 1 aromatic carbocycles. The molecule has 1 aromatic rings. The molecule has 0 saturated heterocycles. The van der Waals surface area contributed by atoms with Crippen LogP contribution in [0.3, 0.4) is 0 Å². The van der Waals surface area contributed by atoms with Gasteiger partial charge in [0.2, 0.25) is 0 Å². The molecule has 0 spiro atoms. The zero-order valence-electron chi connectivity index (χ0n) is 12.3. The molecule has 1 aliphatic rings. The van der Waals surface area contributed by atoms with Crippen molar-refractivity contribution >= 4 is 16.6 Å². The first kappa shape index (κ1) is 15.4. The molecule has 1 aliphatic carbocycles. The molecule has 3 heteroatoms. The normalized spacial score (nSPS) is 17.2. The number of Topliss-reactive ketones (excluding diaryl/α,β-unsaturated/α-hetero) is 1. The number of rotatable bonds is 7.